The van der Waals surface area contributed by atoms with Gasteiger partial charge in [-0.1, -0.05) is 13.8 Å². The van der Waals surface area contributed by atoms with Gasteiger partial charge in [0.2, 0.25) is 5.95 Å². The van der Waals surface area contributed by atoms with Gasteiger partial charge in [0.15, 0.2) is 17.5 Å². The molecule has 4 rings (SSSR count). The number of halogens is 3. The molecule has 0 radical (unpaired) electrons. The molecule has 0 unspecified atom stereocenters. The van der Waals surface area contributed by atoms with Gasteiger partial charge in [-0.25, -0.2) is 27.3 Å². The standard InChI is InChI=1S/C23H24F3N5O2/c1-14-8-16(12-27-11-14)31-21(32)28-20(29-6-4-23(2,3)5-7-29)30(22(31)33)13-15-9-17(24)19(26)18(25)10-15/h8-12H,4-7,13H2,1-3H3. The van der Waals surface area contributed by atoms with Gasteiger partial charge in [-0.05, 0) is 54.5 Å². The van der Waals surface area contributed by atoms with Gasteiger partial charge in [0.25, 0.3) is 0 Å². The quantitative estimate of drug-likeness (QED) is 0.561. The van der Waals surface area contributed by atoms with Crippen molar-refractivity contribution >= 4 is 5.95 Å². The molecule has 1 aliphatic rings. The first kappa shape index (κ1) is 22.8. The lowest BCUT2D eigenvalue weighted by Gasteiger charge is -2.38. The second-order valence-corrected chi connectivity index (χ2v) is 9.14. The molecule has 0 amide bonds. The summed E-state index contributed by atoms with van der Waals surface area (Å²) in [6.45, 7) is 6.85. The van der Waals surface area contributed by atoms with Crippen LogP contribution in [0.25, 0.3) is 5.69 Å². The monoisotopic (exact) mass is 459 g/mol. The highest BCUT2D eigenvalue weighted by Crippen LogP contribution is 2.31. The van der Waals surface area contributed by atoms with Crippen LogP contribution < -0.4 is 16.3 Å². The van der Waals surface area contributed by atoms with Crippen LogP contribution >= 0.6 is 0 Å². The van der Waals surface area contributed by atoms with Gasteiger partial charge in [-0.2, -0.15) is 4.98 Å². The molecule has 1 aliphatic heterocycles. The maximum Gasteiger partial charge on any atom is 0.359 e. The number of rotatable bonds is 4. The summed E-state index contributed by atoms with van der Waals surface area (Å²) in [6, 6.07) is 3.28. The van der Waals surface area contributed by atoms with E-state index in [1.807, 2.05) is 4.90 Å². The average Bonchev–Trinajstić information content (AvgIpc) is 2.74. The Hall–Kier alpha value is -3.43. The third-order valence-electron chi connectivity index (χ3n) is 5.95. The fourth-order valence-electron chi connectivity index (χ4n) is 3.94. The second kappa shape index (κ2) is 8.49. The summed E-state index contributed by atoms with van der Waals surface area (Å²) in [6.07, 6.45) is 4.57. The van der Waals surface area contributed by atoms with Crippen LogP contribution in [-0.4, -0.2) is 32.2 Å². The molecule has 0 aliphatic carbocycles. The molecule has 3 aromatic rings. The SMILES string of the molecule is Cc1cncc(-n2c(=O)nc(N3CCC(C)(C)CC3)n(Cc3cc(F)c(F)c(F)c3)c2=O)c1. The summed E-state index contributed by atoms with van der Waals surface area (Å²) in [5.41, 5.74) is -0.411. The summed E-state index contributed by atoms with van der Waals surface area (Å²) in [4.78, 5) is 36.4. The van der Waals surface area contributed by atoms with Crippen LogP contribution in [0.15, 0.2) is 40.2 Å². The van der Waals surface area contributed by atoms with Crippen molar-refractivity contribution in [3.05, 3.63) is 80.1 Å². The van der Waals surface area contributed by atoms with Crippen molar-refractivity contribution in [1.82, 2.24) is 19.1 Å². The van der Waals surface area contributed by atoms with Gasteiger partial charge in [-0.15, -0.1) is 0 Å². The van der Waals surface area contributed by atoms with Crippen molar-refractivity contribution in [3.8, 4) is 5.69 Å². The number of nitrogens with zero attached hydrogens (tertiary/aromatic N) is 5. The fraction of sp³-hybridized carbons (Fsp3) is 0.391. The molecule has 3 heterocycles. The minimum absolute atomic E-state index is 0.0291. The Kier molecular flexibility index (Phi) is 5.85. The Morgan fingerprint density at radius 2 is 1.64 bits per heavy atom. The number of piperidine rings is 1. The molecule has 0 N–H and O–H groups in total. The molecular weight excluding hydrogens is 435 g/mol. The number of anilines is 1. The highest BCUT2D eigenvalue weighted by molar-refractivity contribution is 5.36. The lowest BCUT2D eigenvalue weighted by Crippen LogP contribution is -2.47. The molecule has 0 bridgehead atoms. The number of aryl methyl sites for hydroxylation is 1. The molecule has 1 aromatic carbocycles. The van der Waals surface area contributed by atoms with E-state index in [9.17, 15) is 22.8 Å². The Balaban J connectivity index is 1.88. The van der Waals surface area contributed by atoms with E-state index in [-0.39, 0.29) is 29.2 Å². The third-order valence-corrected chi connectivity index (χ3v) is 5.95. The molecule has 1 fully saturated rings. The second-order valence-electron chi connectivity index (χ2n) is 9.14. The van der Waals surface area contributed by atoms with Crippen molar-refractivity contribution < 1.29 is 13.2 Å². The molecule has 7 nitrogen and oxygen atoms in total. The number of hydrogen-bond acceptors (Lipinski definition) is 5. The van der Waals surface area contributed by atoms with E-state index < -0.39 is 28.8 Å². The van der Waals surface area contributed by atoms with Crippen LogP contribution in [-0.2, 0) is 6.54 Å². The van der Waals surface area contributed by atoms with Crippen molar-refractivity contribution in [2.75, 3.05) is 18.0 Å². The van der Waals surface area contributed by atoms with Crippen molar-refractivity contribution in [1.29, 1.82) is 0 Å². The Labute approximate surface area is 188 Å². The van der Waals surface area contributed by atoms with Gasteiger partial charge in [-0.3, -0.25) is 9.55 Å². The van der Waals surface area contributed by atoms with Crippen LogP contribution in [0, 0.1) is 29.8 Å². The van der Waals surface area contributed by atoms with Crippen molar-refractivity contribution in [3.63, 3.8) is 0 Å². The van der Waals surface area contributed by atoms with Gasteiger partial charge >= 0.3 is 11.4 Å². The molecule has 10 heteroatoms. The number of benzene rings is 1. The molecule has 0 saturated carbocycles. The number of pyridine rings is 1. The maximum atomic E-state index is 13.8. The molecule has 2 aromatic heterocycles. The minimum atomic E-state index is -1.58. The van der Waals surface area contributed by atoms with Gasteiger partial charge in [0.05, 0.1) is 18.4 Å². The largest absolute Gasteiger partial charge is 0.359 e. The first-order chi connectivity index (χ1) is 15.6. The highest BCUT2D eigenvalue weighted by Gasteiger charge is 2.29. The van der Waals surface area contributed by atoms with E-state index >= 15 is 0 Å². The van der Waals surface area contributed by atoms with Crippen LogP contribution in [0.2, 0.25) is 0 Å². The first-order valence-electron chi connectivity index (χ1n) is 10.6. The fourth-order valence-corrected chi connectivity index (χ4v) is 3.94. The summed E-state index contributed by atoms with van der Waals surface area (Å²) < 4.78 is 43.2. The van der Waals surface area contributed by atoms with E-state index in [4.69, 9.17) is 0 Å². The van der Waals surface area contributed by atoms with Gasteiger partial charge in [0, 0.05) is 19.3 Å². The van der Waals surface area contributed by atoms with Crippen LogP contribution in [0.4, 0.5) is 19.1 Å². The van der Waals surface area contributed by atoms with E-state index in [0.717, 1.165) is 35.1 Å². The smallest absolute Gasteiger partial charge is 0.342 e. The third kappa shape index (κ3) is 4.55. The van der Waals surface area contributed by atoms with Gasteiger partial charge in [0.1, 0.15) is 0 Å². The maximum absolute atomic E-state index is 13.8. The van der Waals surface area contributed by atoms with Crippen molar-refractivity contribution in [2.45, 2.75) is 40.2 Å². The number of hydrogen-bond donors (Lipinski definition) is 0. The zero-order chi connectivity index (χ0) is 23.9. The topological polar surface area (TPSA) is 73.0 Å². The summed E-state index contributed by atoms with van der Waals surface area (Å²) in [5.74, 6) is -4.19. The summed E-state index contributed by atoms with van der Waals surface area (Å²) >= 11 is 0. The average molecular weight is 459 g/mol. The van der Waals surface area contributed by atoms with E-state index in [2.05, 4.69) is 23.8 Å². The molecule has 33 heavy (non-hydrogen) atoms. The zero-order valence-electron chi connectivity index (χ0n) is 18.6. The predicted molar refractivity (Wildman–Crippen MR) is 117 cm³/mol. The molecular formula is C23H24F3N5O2. The Bertz CT molecular complexity index is 1300. The lowest BCUT2D eigenvalue weighted by atomic mass is 9.83. The van der Waals surface area contributed by atoms with E-state index in [1.165, 1.54) is 10.8 Å². The van der Waals surface area contributed by atoms with Crippen LogP contribution in [0.5, 0.6) is 0 Å². The lowest BCUT2D eigenvalue weighted by molar-refractivity contribution is 0.276. The Morgan fingerprint density at radius 3 is 2.24 bits per heavy atom. The van der Waals surface area contributed by atoms with E-state index in [1.54, 1.807) is 19.2 Å². The minimum Gasteiger partial charge on any atom is -0.342 e. The molecule has 1 saturated heterocycles. The molecule has 0 atom stereocenters. The first-order valence-corrected chi connectivity index (χ1v) is 10.6. The zero-order valence-corrected chi connectivity index (χ0v) is 18.6. The Morgan fingerprint density at radius 1 is 1.00 bits per heavy atom. The van der Waals surface area contributed by atoms with E-state index in [0.29, 0.717) is 13.1 Å². The normalized spacial score (nSPS) is 15.6. The number of aromatic nitrogens is 4. The molecule has 174 valence electrons. The molecule has 0 spiro atoms. The highest BCUT2D eigenvalue weighted by atomic mass is 19.2. The summed E-state index contributed by atoms with van der Waals surface area (Å²) in [7, 11) is 0. The van der Waals surface area contributed by atoms with Crippen molar-refractivity contribution in [2.24, 2.45) is 5.41 Å². The predicted octanol–water partition coefficient (Wildman–Crippen LogP) is 3.19. The van der Waals surface area contributed by atoms with Gasteiger partial charge < -0.3 is 4.90 Å². The summed E-state index contributed by atoms with van der Waals surface area (Å²) in [5, 5.41) is 0. The van der Waals surface area contributed by atoms with Crippen LogP contribution in [0.3, 0.4) is 0 Å². The van der Waals surface area contributed by atoms with Crippen LogP contribution in [0.1, 0.15) is 37.8 Å².